The van der Waals surface area contributed by atoms with Gasteiger partial charge in [-0.15, -0.1) is 0 Å². The first-order valence-corrected chi connectivity index (χ1v) is 4.61. The number of nitrogens with zero attached hydrogens (tertiary/aromatic N) is 1. The Bertz CT molecular complexity index is 326. The third-order valence-corrected chi connectivity index (χ3v) is 2.34. The van der Waals surface area contributed by atoms with E-state index in [1.165, 1.54) is 5.57 Å². The van der Waals surface area contributed by atoms with Crippen molar-refractivity contribution < 1.29 is 4.79 Å². The second-order valence-electron chi connectivity index (χ2n) is 3.53. The van der Waals surface area contributed by atoms with Crippen LogP contribution < -0.4 is 5.73 Å². The lowest BCUT2D eigenvalue weighted by Crippen LogP contribution is -2.29. The van der Waals surface area contributed by atoms with Gasteiger partial charge in [-0.2, -0.15) is 0 Å². The van der Waals surface area contributed by atoms with Gasteiger partial charge < -0.3 is 10.6 Å². The number of amides is 1. The van der Waals surface area contributed by atoms with Crippen LogP contribution in [0.5, 0.6) is 0 Å². The van der Waals surface area contributed by atoms with E-state index in [4.69, 9.17) is 5.73 Å². The van der Waals surface area contributed by atoms with E-state index in [0.717, 1.165) is 12.1 Å². The summed E-state index contributed by atoms with van der Waals surface area (Å²) in [5, 5.41) is 0. The van der Waals surface area contributed by atoms with Gasteiger partial charge in [0.15, 0.2) is 0 Å². The molecule has 1 aliphatic heterocycles. The van der Waals surface area contributed by atoms with Crippen LogP contribution in [0.4, 0.5) is 0 Å². The Kier molecular flexibility index (Phi) is 3.12. The molecule has 0 aromatic carbocycles. The van der Waals surface area contributed by atoms with Gasteiger partial charge in [0, 0.05) is 24.9 Å². The number of carbonyl (C=O) groups is 1. The largest absolute Gasteiger partial charge is 0.399 e. The summed E-state index contributed by atoms with van der Waals surface area (Å²) in [6.07, 6.45) is 4.99. The Morgan fingerprint density at radius 3 is 2.79 bits per heavy atom. The van der Waals surface area contributed by atoms with Crippen molar-refractivity contribution in [3.63, 3.8) is 0 Å². The molecule has 2 N–H and O–H groups in total. The lowest BCUT2D eigenvalue weighted by molar-refractivity contribution is -0.128. The third kappa shape index (κ3) is 2.25. The topological polar surface area (TPSA) is 46.3 Å². The van der Waals surface area contributed by atoms with Crippen LogP contribution in [0, 0.1) is 0 Å². The zero-order valence-corrected chi connectivity index (χ0v) is 8.71. The second kappa shape index (κ2) is 4.13. The van der Waals surface area contributed by atoms with Crippen molar-refractivity contribution in [2.45, 2.75) is 19.8 Å². The molecule has 1 heterocycles. The van der Waals surface area contributed by atoms with Crippen molar-refractivity contribution in [1.29, 1.82) is 0 Å². The molecular weight excluding hydrogens is 176 g/mol. The number of allylic oxidation sites excluding steroid dienone is 3. The van der Waals surface area contributed by atoms with Crippen molar-refractivity contribution in [1.82, 2.24) is 4.90 Å². The molecule has 1 rings (SSSR count). The minimum absolute atomic E-state index is 0.151. The average molecular weight is 192 g/mol. The van der Waals surface area contributed by atoms with Crippen LogP contribution >= 0.6 is 0 Å². The van der Waals surface area contributed by atoms with E-state index >= 15 is 0 Å². The number of nitrogens with two attached hydrogens (primary N) is 1. The first kappa shape index (κ1) is 10.6. The monoisotopic (exact) mass is 192 g/mol. The maximum atomic E-state index is 11.4. The molecule has 0 aliphatic carbocycles. The molecule has 0 fully saturated rings. The molecule has 0 radical (unpaired) electrons. The first-order chi connectivity index (χ1) is 6.52. The Labute approximate surface area is 84.6 Å². The minimum atomic E-state index is 0.151. The zero-order valence-electron chi connectivity index (χ0n) is 8.71. The molecular formula is C11H16N2O. The normalized spacial score (nSPS) is 18.1. The standard InChI is InChI=1S/C11H16N2O/c1-8-4-7-11(14)13(3)10(8)6-5-9(2)12/h5-6H,2,4,7,12H2,1,3H3/b6-5-. The fourth-order valence-corrected chi connectivity index (χ4v) is 1.45. The van der Waals surface area contributed by atoms with Crippen LogP contribution in [-0.2, 0) is 4.79 Å². The highest BCUT2D eigenvalue weighted by Crippen LogP contribution is 2.22. The highest BCUT2D eigenvalue weighted by atomic mass is 16.2. The van der Waals surface area contributed by atoms with E-state index in [1.807, 2.05) is 13.0 Å². The molecule has 76 valence electrons. The summed E-state index contributed by atoms with van der Waals surface area (Å²) in [5.74, 6) is 0.151. The predicted octanol–water partition coefficient (Wildman–Crippen LogP) is 1.54. The molecule has 0 unspecified atom stereocenters. The van der Waals surface area contributed by atoms with Crippen LogP contribution in [-0.4, -0.2) is 17.9 Å². The summed E-state index contributed by atoms with van der Waals surface area (Å²) >= 11 is 0. The molecule has 1 aliphatic rings. The quantitative estimate of drug-likeness (QED) is 0.674. The van der Waals surface area contributed by atoms with Gasteiger partial charge in [-0.1, -0.05) is 6.58 Å². The Morgan fingerprint density at radius 2 is 2.21 bits per heavy atom. The predicted molar refractivity (Wildman–Crippen MR) is 57.2 cm³/mol. The van der Waals surface area contributed by atoms with Crippen LogP contribution in [0.25, 0.3) is 0 Å². The van der Waals surface area contributed by atoms with E-state index in [1.54, 1.807) is 18.0 Å². The Morgan fingerprint density at radius 1 is 1.57 bits per heavy atom. The van der Waals surface area contributed by atoms with E-state index in [9.17, 15) is 4.79 Å². The third-order valence-electron chi connectivity index (χ3n) is 2.34. The van der Waals surface area contributed by atoms with Crippen LogP contribution in [0.3, 0.4) is 0 Å². The van der Waals surface area contributed by atoms with Gasteiger partial charge in [0.05, 0.1) is 0 Å². The fourth-order valence-electron chi connectivity index (χ4n) is 1.45. The van der Waals surface area contributed by atoms with Gasteiger partial charge >= 0.3 is 0 Å². The summed E-state index contributed by atoms with van der Waals surface area (Å²) in [6.45, 7) is 5.60. The minimum Gasteiger partial charge on any atom is -0.399 e. The molecule has 0 atom stereocenters. The summed E-state index contributed by atoms with van der Waals surface area (Å²) in [6, 6.07) is 0. The van der Waals surface area contributed by atoms with E-state index < -0.39 is 0 Å². The summed E-state index contributed by atoms with van der Waals surface area (Å²) in [7, 11) is 1.78. The molecule has 3 heteroatoms. The highest BCUT2D eigenvalue weighted by Gasteiger charge is 2.18. The van der Waals surface area contributed by atoms with Crippen molar-refractivity contribution in [2.75, 3.05) is 7.05 Å². The van der Waals surface area contributed by atoms with Gasteiger partial charge in [0.1, 0.15) is 0 Å². The number of hydrogen-bond acceptors (Lipinski definition) is 2. The number of likely N-dealkylation sites (N-methyl/N-ethyl adjacent to an activating group) is 1. The Balaban J connectivity index is 2.92. The lowest BCUT2D eigenvalue weighted by atomic mass is 10.0. The highest BCUT2D eigenvalue weighted by molar-refractivity contribution is 5.80. The molecule has 0 aromatic rings. The maximum absolute atomic E-state index is 11.4. The van der Waals surface area contributed by atoms with Gasteiger partial charge in [-0.05, 0) is 31.1 Å². The van der Waals surface area contributed by atoms with Crippen LogP contribution in [0.15, 0.2) is 35.7 Å². The number of hydrogen-bond donors (Lipinski definition) is 1. The smallest absolute Gasteiger partial charge is 0.227 e. The maximum Gasteiger partial charge on any atom is 0.227 e. The Hall–Kier alpha value is -1.51. The van der Waals surface area contributed by atoms with E-state index in [-0.39, 0.29) is 5.91 Å². The van der Waals surface area contributed by atoms with Crippen molar-refractivity contribution in [2.24, 2.45) is 5.73 Å². The van der Waals surface area contributed by atoms with Crippen LogP contribution in [0.2, 0.25) is 0 Å². The summed E-state index contributed by atoms with van der Waals surface area (Å²) in [5.41, 5.74) is 8.08. The second-order valence-corrected chi connectivity index (χ2v) is 3.53. The number of carbonyl (C=O) groups excluding carboxylic acids is 1. The zero-order chi connectivity index (χ0) is 10.7. The van der Waals surface area contributed by atoms with Gasteiger partial charge in [0.25, 0.3) is 0 Å². The SMILES string of the molecule is C=C(N)/C=C\C1=C(C)CCC(=O)N1C. The van der Waals surface area contributed by atoms with Crippen molar-refractivity contribution in [3.05, 3.63) is 35.7 Å². The number of rotatable bonds is 2. The average Bonchev–Trinajstić information content (AvgIpc) is 2.11. The molecule has 0 saturated carbocycles. The fraction of sp³-hybridized carbons (Fsp3) is 0.364. The lowest BCUT2D eigenvalue weighted by Gasteiger charge is -2.25. The van der Waals surface area contributed by atoms with Gasteiger partial charge in [-0.25, -0.2) is 0 Å². The van der Waals surface area contributed by atoms with Crippen molar-refractivity contribution >= 4 is 5.91 Å². The molecule has 1 amide bonds. The molecule has 0 aromatic heterocycles. The molecule has 0 bridgehead atoms. The van der Waals surface area contributed by atoms with E-state index in [0.29, 0.717) is 12.1 Å². The molecule has 14 heavy (non-hydrogen) atoms. The van der Waals surface area contributed by atoms with Gasteiger partial charge in [0.2, 0.25) is 5.91 Å². The molecule has 3 nitrogen and oxygen atoms in total. The van der Waals surface area contributed by atoms with Crippen LogP contribution in [0.1, 0.15) is 19.8 Å². The van der Waals surface area contributed by atoms with Crippen molar-refractivity contribution in [3.8, 4) is 0 Å². The summed E-state index contributed by atoms with van der Waals surface area (Å²) in [4.78, 5) is 13.1. The van der Waals surface area contributed by atoms with Gasteiger partial charge in [-0.3, -0.25) is 4.79 Å². The summed E-state index contributed by atoms with van der Waals surface area (Å²) < 4.78 is 0. The molecule has 0 spiro atoms. The molecule has 0 saturated heterocycles. The first-order valence-electron chi connectivity index (χ1n) is 4.61. The van der Waals surface area contributed by atoms with E-state index in [2.05, 4.69) is 6.58 Å².